The number of Topliss-reactive ketones (excluding diaryl/α,β-unsaturated/α-hetero) is 1. The Labute approximate surface area is 286 Å². The van der Waals surface area contributed by atoms with Crippen molar-refractivity contribution in [2.75, 3.05) is 18.1 Å². The molecule has 1 N–H and O–H groups in total. The maximum atomic E-state index is 13.8. The Morgan fingerprint density at radius 2 is 1.91 bits per heavy atom. The molecule has 0 unspecified atom stereocenters. The molecule has 1 aromatic heterocycles. The summed E-state index contributed by atoms with van der Waals surface area (Å²) in [7, 11) is 0. The first-order valence-corrected chi connectivity index (χ1v) is 17.7. The molecule has 0 bridgehead atoms. The average molecular weight is 692 g/mol. The van der Waals surface area contributed by atoms with Crippen molar-refractivity contribution in [3.05, 3.63) is 93.5 Å². The summed E-state index contributed by atoms with van der Waals surface area (Å²) >= 11 is 8.97. The Balaban J connectivity index is 1.42. The van der Waals surface area contributed by atoms with Crippen molar-refractivity contribution in [3.8, 4) is 17.2 Å². The van der Waals surface area contributed by atoms with E-state index in [0.29, 0.717) is 57.4 Å². The zero-order valence-electron chi connectivity index (χ0n) is 26.2. The first-order chi connectivity index (χ1) is 22.8. The number of carbonyl (C=O) groups is 2. The number of amides is 1. The highest BCUT2D eigenvalue weighted by Gasteiger charge is 2.48. The molecule has 12 heteroatoms. The molecule has 3 heterocycles. The van der Waals surface area contributed by atoms with Gasteiger partial charge in [0.1, 0.15) is 17.6 Å². The maximum absolute atomic E-state index is 13.8. The number of carbonyl (C=O) groups excluding carboxylic acids is 2. The highest BCUT2D eigenvalue weighted by atomic mass is 35.5. The highest BCUT2D eigenvalue weighted by molar-refractivity contribution is 8.00. The number of benzene rings is 3. The molecular formula is C35H34ClN3O6S2. The van der Waals surface area contributed by atoms with Crippen LogP contribution in [0.5, 0.6) is 17.2 Å². The van der Waals surface area contributed by atoms with Gasteiger partial charge in [0, 0.05) is 22.8 Å². The van der Waals surface area contributed by atoms with Crippen molar-refractivity contribution in [2.45, 2.75) is 62.3 Å². The third kappa shape index (κ3) is 6.83. The predicted molar refractivity (Wildman–Crippen MR) is 184 cm³/mol. The maximum Gasteiger partial charge on any atom is 0.301 e. The number of hydrogen-bond acceptors (Lipinski definition) is 10. The third-order valence-electron chi connectivity index (χ3n) is 7.86. The molecule has 6 rings (SSSR count). The van der Waals surface area contributed by atoms with Gasteiger partial charge < -0.3 is 19.3 Å². The van der Waals surface area contributed by atoms with Crippen LogP contribution in [0.25, 0.3) is 5.76 Å². The van der Waals surface area contributed by atoms with E-state index in [1.165, 1.54) is 28.0 Å². The quantitative estimate of drug-likeness (QED) is 0.0394. The van der Waals surface area contributed by atoms with Gasteiger partial charge in [-0.3, -0.25) is 14.5 Å². The Hall–Kier alpha value is -4.06. The molecule has 9 nitrogen and oxygen atoms in total. The smallest absolute Gasteiger partial charge is 0.301 e. The number of hydrogen-bond donors (Lipinski definition) is 1. The Kier molecular flexibility index (Phi) is 10.0. The van der Waals surface area contributed by atoms with E-state index < -0.39 is 17.7 Å². The molecule has 1 fully saturated rings. The predicted octanol–water partition coefficient (Wildman–Crippen LogP) is 8.01. The van der Waals surface area contributed by atoms with Gasteiger partial charge in [0.25, 0.3) is 5.78 Å². The summed E-state index contributed by atoms with van der Waals surface area (Å²) in [4.78, 5) is 29.0. The van der Waals surface area contributed by atoms with Crippen LogP contribution < -0.4 is 19.1 Å². The number of aliphatic hydroxyl groups is 1. The summed E-state index contributed by atoms with van der Waals surface area (Å²) < 4.78 is 18.4. The van der Waals surface area contributed by atoms with Gasteiger partial charge in [-0.2, -0.15) is 0 Å². The zero-order valence-corrected chi connectivity index (χ0v) is 28.6. The van der Waals surface area contributed by atoms with Gasteiger partial charge in [-0.05, 0) is 73.4 Å². The van der Waals surface area contributed by atoms with Gasteiger partial charge in [0.2, 0.25) is 5.13 Å². The van der Waals surface area contributed by atoms with Crippen molar-refractivity contribution >= 4 is 57.3 Å². The summed E-state index contributed by atoms with van der Waals surface area (Å²) in [6.07, 6.45) is 2.53. The number of unbranched alkanes of at least 4 members (excludes halogenated alkanes) is 1. The van der Waals surface area contributed by atoms with E-state index in [-0.39, 0.29) is 22.6 Å². The highest BCUT2D eigenvalue weighted by Crippen LogP contribution is 2.46. The van der Waals surface area contributed by atoms with E-state index in [9.17, 15) is 14.7 Å². The van der Waals surface area contributed by atoms with Gasteiger partial charge in [0.05, 0.1) is 24.8 Å². The normalized spacial score (nSPS) is 18.3. The fourth-order valence-electron chi connectivity index (χ4n) is 5.59. The van der Waals surface area contributed by atoms with E-state index in [1.54, 1.807) is 30.3 Å². The van der Waals surface area contributed by atoms with E-state index in [2.05, 4.69) is 17.1 Å². The summed E-state index contributed by atoms with van der Waals surface area (Å²) in [6.45, 7) is 6.83. The summed E-state index contributed by atoms with van der Waals surface area (Å²) in [5.41, 5.74) is 2.78. The van der Waals surface area contributed by atoms with Crippen LogP contribution in [0.15, 0.2) is 70.6 Å². The number of halogens is 1. The molecule has 0 aliphatic carbocycles. The monoisotopic (exact) mass is 691 g/mol. The first kappa shape index (κ1) is 32.9. The van der Waals surface area contributed by atoms with Gasteiger partial charge in [0.15, 0.2) is 15.8 Å². The molecule has 4 aromatic rings. The molecule has 0 radical (unpaired) electrons. The van der Waals surface area contributed by atoms with Crippen LogP contribution in [0.3, 0.4) is 0 Å². The number of aliphatic hydroxyl groups excluding tert-OH is 1. The fourth-order valence-corrected chi connectivity index (χ4v) is 7.75. The minimum Gasteiger partial charge on any atom is -0.507 e. The number of nitrogens with zero attached hydrogens (tertiary/aromatic N) is 3. The van der Waals surface area contributed by atoms with Crippen LogP contribution in [0.4, 0.5) is 5.13 Å². The molecular weight excluding hydrogens is 658 g/mol. The summed E-state index contributed by atoms with van der Waals surface area (Å²) in [5.74, 6) is 0.411. The van der Waals surface area contributed by atoms with Crippen LogP contribution in [-0.4, -0.2) is 46.3 Å². The van der Waals surface area contributed by atoms with E-state index in [1.807, 2.05) is 44.2 Å². The molecule has 1 amide bonds. The molecule has 244 valence electrons. The molecule has 0 saturated carbocycles. The van der Waals surface area contributed by atoms with Crippen molar-refractivity contribution in [2.24, 2.45) is 0 Å². The number of rotatable bonds is 12. The van der Waals surface area contributed by atoms with Crippen LogP contribution in [0, 0.1) is 0 Å². The van der Waals surface area contributed by atoms with Crippen molar-refractivity contribution < 1.29 is 28.9 Å². The van der Waals surface area contributed by atoms with Gasteiger partial charge in [-0.25, -0.2) is 0 Å². The van der Waals surface area contributed by atoms with Crippen LogP contribution in [0.1, 0.15) is 61.9 Å². The fraction of sp³-hybridized carbons (Fsp3) is 0.314. The van der Waals surface area contributed by atoms with Gasteiger partial charge >= 0.3 is 5.91 Å². The lowest BCUT2D eigenvalue weighted by atomic mass is 9.94. The second-order valence-electron chi connectivity index (χ2n) is 11.2. The first-order valence-electron chi connectivity index (χ1n) is 15.5. The number of fused-ring (bicyclic) bond motifs is 1. The SMILES string of the molecule is CCCCOc1ccc([C@H]2/C(=C(\O)c3ccc4c(c3)C[C@@H](C)O4)C(=O)C(=O)N2c2nnc(SCc3ccccc3Cl)s2)cc1OCC. The van der Waals surface area contributed by atoms with E-state index in [0.717, 1.165) is 29.7 Å². The Morgan fingerprint density at radius 3 is 2.70 bits per heavy atom. The van der Waals surface area contributed by atoms with E-state index in [4.69, 9.17) is 25.8 Å². The zero-order chi connectivity index (χ0) is 33.1. The third-order valence-corrected chi connectivity index (χ3v) is 10.3. The van der Waals surface area contributed by atoms with Crippen LogP contribution in [-0.2, 0) is 21.8 Å². The lowest BCUT2D eigenvalue weighted by molar-refractivity contribution is -0.132. The Bertz CT molecular complexity index is 1840. The van der Waals surface area contributed by atoms with Gasteiger partial charge in [-0.15, -0.1) is 10.2 Å². The molecule has 3 aromatic carbocycles. The summed E-state index contributed by atoms with van der Waals surface area (Å²) in [6, 6.07) is 17.1. The molecule has 2 aliphatic rings. The summed E-state index contributed by atoms with van der Waals surface area (Å²) in [5, 5.41) is 21.3. The number of ketones is 1. The van der Waals surface area contributed by atoms with E-state index >= 15 is 0 Å². The average Bonchev–Trinajstić information content (AvgIpc) is 3.76. The lowest BCUT2D eigenvalue weighted by Gasteiger charge is -2.23. The number of ether oxygens (including phenoxy) is 3. The van der Waals surface area contributed by atoms with Crippen molar-refractivity contribution in [1.29, 1.82) is 0 Å². The Morgan fingerprint density at radius 1 is 1.09 bits per heavy atom. The molecule has 47 heavy (non-hydrogen) atoms. The van der Waals surface area contributed by atoms with Crippen molar-refractivity contribution in [1.82, 2.24) is 10.2 Å². The van der Waals surface area contributed by atoms with Gasteiger partial charge in [-0.1, -0.05) is 72.3 Å². The standard InChI is InChI=1S/C35H34ClN3O6S2/c1-4-6-15-44-27-14-11-21(18-28(27)43-5-2)30-29(31(40)22-12-13-26-24(17-22)16-20(3)45-26)32(41)33(42)39(30)34-37-38-35(47-34)46-19-23-9-7-8-10-25(23)36/h7-14,17-18,20,30,40H,4-6,15-16,19H2,1-3H3/b31-29+/t20-,30+/m1/s1. The minimum atomic E-state index is -1.00. The molecule has 2 aliphatic heterocycles. The molecule has 2 atom stereocenters. The number of aromatic nitrogens is 2. The number of thioether (sulfide) groups is 1. The van der Waals surface area contributed by atoms with Crippen molar-refractivity contribution in [3.63, 3.8) is 0 Å². The minimum absolute atomic E-state index is 0.00501. The molecule has 1 saturated heterocycles. The number of anilines is 1. The largest absolute Gasteiger partial charge is 0.507 e. The topological polar surface area (TPSA) is 111 Å². The molecule has 0 spiro atoms. The van der Waals surface area contributed by atoms with Crippen LogP contribution in [0.2, 0.25) is 5.02 Å². The second kappa shape index (κ2) is 14.4. The lowest BCUT2D eigenvalue weighted by Crippen LogP contribution is -2.29. The second-order valence-corrected chi connectivity index (χ2v) is 13.8. The van der Waals surface area contributed by atoms with Crippen LogP contribution >= 0.6 is 34.7 Å².